The third-order valence-corrected chi connectivity index (χ3v) is 5.83. The summed E-state index contributed by atoms with van der Waals surface area (Å²) in [5.41, 5.74) is 3.57. The van der Waals surface area contributed by atoms with E-state index in [1.165, 1.54) is 0 Å². The molecule has 1 atom stereocenters. The van der Waals surface area contributed by atoms with Crippen molar-refractivity contribution in [1.82, 2.24) is 4.90 Å². The average molecular weight is 405 g/mol. The van der Waals surface area contributed by atoms with Crippen molar-refractivity contribution in [3.8, 4) is 5.75 Å². The van der Waals surface area contributed by atoms with Gasteiger partial charge in [0, 0.05) is 6.54 Å². The largest absolute Gasteiger partial charge is 0.497 e. The van der Waals surface area contributed by atoms with Crippen LogP contribution in [-0.2, 0) is 0 Å². The van der Waals surface area contributed by atoms with Gasteiger partial charge in [-0.3, -0.25) is 9.59 Å². The van der Waals surface area contributed by atoms with Crippen LogP contribution < -0.4 is 10.2 Å². The highest BCUT2D eigenvalue weighted by atomic mass is 16.5. The summed E-state index contributed by atoms with van der Waals surface area (Å²) < 4.78 is 11.4. The molecule has 0 fully saturated rings. The molecule has 5 heteroatoms. The molecular weight excluding hydrogens is 378 g/mol. The van der Waals surface area contributed by atoms with Gasteiger partial charge in [0.25, 0.3) is 5.91 Å². The van der Waals surface area contributed by atoms with E-state index in [0.29, 0.717) is 23.1 Å². The van der Waals surface area contributed by atoms with E-state index in [9.17, 15) is 9.59 Å². The van der Waals surface area contributed by atoms with Crippen molar-refractivity contribution in [1.29, 1.82) is 0 Å². The number of nitrogens with zero attached hydrogens (tertiary/aromatic N) is 1. The molecule has 1 amide bonds. The van der Waals surface area contributed by atoms with Gasteiger partial charge in [-0.1, -0.05) is 38.0 Å². The first-order valence-electron chi connectivity index (χ1n) is 10.5. The number of hydrogen-bond donors (Lipinski definition) is 0. The summed E-state index contributed by atoms with van der Waals surface area (Å²) in [6.45, 7) is 6.58. The molecule has 0 N–H and O–H groups in total. The van der Waals surface area contributed by atoms with Gasteiger partial charge in [-0.25, -0.2) is 0 Å². The Morgan fingerprint density at radius 3 is 2.47 bits per heavy atom. The van der Waals surface area contributed by atoms with Crippen molar-refractivity contribution in [2.45, 2.75) is 46.1 Å². The standard InChI is InChI=1S/C25H27NO4/c1-5-6-7-12-26-21(17-8-10-18(29-4)11-9-17)20-22(27)19-14-15(2)13-16(3)23(19)30-24(20)25(26)28/h8-11,13-14,21H,5-7,12H2,1-4H3. The maximum absolute atomic E-state index is 13.6. The van der Waals surface area contributed by atoms with Crippen LogP contribution in [0.15, 0.2) is 45.6 Å². The van der Waals surface area contributed by atoms with Gasteiger partial charge in [0.15, 0.2) is 5.43 Å². The van der Waals surface area contributed by atoms with Crippen molar-refractivity contribution in [2.24, 2.45) is 0 Å². The number of carbonyl (C=O) groups excluding carboxylic acids is 1. The highest BCUT2D eigenvalue weighted by Crippen LogP contribution is 2.39. The highest BCUT2D eigenvalue weighted by Gasteiger charge is 2.42. The van der Waals surface area contributed by atoms with Crippen LogP contribution >= 0.6 is 0 Å². The van der Waals surface area contributed by atoms with E-state index < -0.39 is 6.04 Å². The quantitative estimate of drug-likeness (QED) is 0.532. The van der Waals surface area contributed by atoms with Gasteiger partial charge in [-0.05, 0) is 55.2 Å². The molecule has 1 aliphatic rings. The molecule has 0 spiro atoms. The van der Waals surface area contributed by atoms with Crippen LogP contribution in [0, 0.1) is 13.8 Å². The van der Waals surface area contributed by atoms with Gasteiger partial charge >= 0.3 is 0 Å². The molecule has 2 aromatic carbocycles. The van der Waals surface area contributed by atoms with Crippen LogP contribution in [-0.4, -0.2) is 24.5 Å². The van der Waals surface area contributed by atoms with E-state index in [4.69, 9.17) is 9.15 Å². The summed E-state index contributed by atoms with van der Waals surface area (Å²) in [4.78, 5) is 28.7. The summed E-state index contributed by atoms with van der Waals surface area (Å²) in [5, 5.41) is 0.535. The Balaban J connectivity index is 1.93. The maximum Gasteiger partial charge on any atom is 0.290 e. The summed E-state index contributed by atoms with van der Waals surface area (Å²) in [6, 6.07) is 10.9. The lowest BCUT2D eigenvalue weighted by atomic mass is 9.97. The first-order chi connectivity index (χ1) is 14.5. The fourth-order valence-corrected chi connectivity index (χ4v) is 4.37. The first kappa shape index (κ1) is 20.2. The summed E-state index contributed by atoms with van der Waals surface area (Å²) in [5.74, 6) is 0.704. The van der Waals surface area contributed by atoms with Gasteiger partial charge < -0.3 is 14.1 Å². The topological polar surface area (TPSA) is 59.8 Å². The number of methoxy groups -OCH3 is 1. The molecule has 1 aliphatic heterocycles. The Bertz CT molecular complexity index is 1160. The molecule has 3 aromatic rings. The third kappa shape index (κ3) is 3.28. The number of rotatable bonds is 6. The summed E-state index contributed by atoms with van der Waals surface area (Å²) in [7, 11) is 1.62. The summed E-state index contributed by atoms with van der Waals surface area (Å²) in [6.07, 6.45) is 2.97. The van der Waals surface area contributed by atoms with Crippen molar-refractivity contribution < 1.29 is 13.9 Å². The van der Waals surface area contributed by atoms with Crippen molar-refractivity contribution in [2.75, 3.05) is 13.7 Å². The fraction of sp³-hybridized carbons (Fsp3) is 0.360. The Morgan fingerprint density at radius 2 is 1.80 bits per heavy atom. The van der Waals surface area contributed by atoms with Gasteiger partial charge in [0.1, 0.15) is 11.3 Å². The van der Waals surface area contributed by atoms with Crippen LogP contribution in [0.2, 0.25) is 0 Å². The van der Waals surface area contributed by atoms with E-state index in [0.717, 1.165) is 41.7 Å². The number of benzene rings is 2. The number of amides is 1. The van der Waals surface area contributed by atoms with Crippen molar-refractivity contribution >= 4 is 16.9 Å². The van der Waals surface area contributed by atoms with Gasteiger partial charge in [-0.2, -0.15) is 0 Å². The van der Waals surface area contributed by atoms with Crippen molar-refractivity contribution in [3.05, 3.63) is 74.6 Å². The van der Waals surface area contributed by atoms with Gasteiger partial charge in [-0.15, -0.1) is 0 Å². The lowest BCUT2D eigenvalue weighted by molar-refractivity contribution is 0.0724. The van der Waals surface area contributed by atoms with E-state index >= 15 is 0 Å². The lowest BCUT2D eigenvalue weighted by Gasteiger charge is -2.25. The molecule has 0 radical (unpaired) electrons. The number of ether oxygens (including phenoxy) is 1. The molecule has 1 unspecified atom stereocenters. The van der Waals surface area contributed by atoms with Crippen LogP contribution in [0.3, 0.4) is 0 Å². The molecule has 0 aliphatic carbocycles. The number of unbranched alkanes of at least 4 members (excludes halogenated alkanes) is 2. The Hall–Kier alpha value is -3.08. The predicted octanol–water partition coefficient (Wildman–Crippen LogP) is 5.15. The Kier molecular flexibility index (Phi) is 5.37. The molecule has 2 heterocycles. The second kappa shape index (κ2) is 7.98. The highest BCUT2D eigenvalue weighted by molar-refractivity contribution is 5.99. The molecular formula is C25H27NO4. The Labute approximate surface area is 176 Å². The fourth-order valence-electron chi connectivity index (χ4n) is 4.37. The zero-order valence-corrected chi connectivity index (χ0v) is 18.0. The summed E-state index contributed by atoms with van der Waals surface area (Å²) >= 11 is 0. The average Bonchev–Trinajstić information content (AvgIpc) is 3.01. The lowest BCUT2D eigenvalue weighted by Crippen LogP contribution is -2.30. The molecule has 1 aromatic heterocycles. The van der Waals surface area contributed by atoms with Gasteiger partial charge in [0.2, 0.25) is 5.76 Å². The van der Waals surface area contributed by atoms with Crippen molar-refractivity contribution in [3.63, 3.8) is 0 Å². The van der Waals surface area contributed by atoms with Crippen LogP contribution in [0.25, 0.3) is 11.0 Å². The second-order valence-corrected chi connectivity index (χ2v) is 8.01. The van der Waals surface area contributed by atoms with E-state index in [1.54, 1.807) is 12.0 Å². The molecule has 156 valence electrons. The minimum atomic E-state index is -0.447. The smallest absolute Gasteiger partial charge is 0.290 e. The zero-order chi connectivity index (χ0) is 21.4. The Morgan fingerprint density at radius 1 is 1.07 bits per heavy atom. The maximum atomic E-state index is 13.6. The molecule has 5 nitrogen and oxygen atoms in total. The van der Waals surface area contributed by atoms with Gasteiger partial charge in [0.05, 0.1) is 24.1 Å². The molecule has 0 saturated carbocycles. The number of aryl methyl sites for hydroxylation is 2. The monoisotopic (exact) mass is 405 g/mol. The SMILES string of the molecule is CCCCCN1C(=O)c2oc3c(C)cc(C)cc3c(=O)c2C1c1ccc(OC)cc1. The predicted molar refractivity (Wildman–Crippen MR) is 117 cm³/mol. The number of hydrogen-bond acceptors (Lipinski definition) is 4. The molecule has 0 bridgehead atoms. The normalized spacial score (nSPS) is 15.7. The van der Waals surface area contributed by atoms with E-state index in [2.05, 4.69) is 6.92 Å². The molecule has 30 heavy (non-hydrogen) atoms. The number of fused-ring (bicyclic) bond motifs is 2. The van der Waals surface area contributed by atoms with Crippen LogP contribution in [0.1, 0.15) is 65.0 Å². The van der Waals surface area contributed by atoms with Crippen LogP contribution in [0.5, 0.6) is 5.75 Å². The minimum absolute atomic E-state index is 0.120. The van der Waals surface area contributed by atoms with Crippen LogP contribution in [0.4, 0.5) is 0 Å². The van der Waals surface area contributed by atoms with E-state index in [1.807, 2.05) is 50.2 Å². The molecule has 4 rings (SSSR count). The first-order valence-corrected chi connectivity index (χ1v) is 10.5. The van der Waals surface area contributed by atoms with E-state index in [-0.39, 0.29) is 17.1 Å². The number of carbonyl (C=O) groups is 1. The second-order valence-electron chi connectivity index (χ2n) is 8.01. The minimum Gasteiger partial charge on any atom is -0.497 e. The molecule has 0 saturated heterocycles. The zero-order valence-electron chi connectivity index (χ0n) is 18.0. The third-order valence-electron chi connectivity index (χ3n) is 5.83.